The van der Waals surface area contributed by atoms with Gasteiger partial charge in [-0.15, -0.1) is 0 Å². The van der Waals surface area contributed by atoms with E-state index < -0.39 is 0 Å². The third-order valence-electron chi connectivity index (χ3n) is 2.86. The minimum absolute atomic E-state index is 0.00680. The number of aromatic nitrogens is 2. The van der Waals surface area contributed by atoms with E-state index in [0.29, 0.717) is 11.4 Å². The topological polar surface area (TPSA) is 64.2 Å². The molecule has 0 bridgehead atoms. The number of hydrogen-bond acceptors (Lipinski definition) is 3. The lowest BCUT2D eigenvalue weighted by molar-refractivity contribution is -0.129. The fourth-order valence-electron chi connectivity index (χ4n) is 1.87. The Labute approximate surface area is 117 Å². The number of rotatable bonds is 4. The SMILES string of the molecule is CN(C)C(=O)Cn1c(CC(N)=S)nc2ccccc21. The van der Waals surface area contributed by atoms with E-state index in [1.165, 1.54) is 0 Å². The zero-order valence-electron chi connectivity index (χ0n) is 11.0. The van der Waals surface area contributed by atoms with Gasteiger partial charge in [-0.25, -0.2) is 4.98 Å². The molecule has 2 rings (SSSR count). The molecular formula is C13H16N4OS. The van der Waals surface area contributed by atoms with Gasteiger partial charge in [0.05, 0.1) is 22.4 Å². The van der Waals surface area contributed by atoms with E-state index >= 15 is 0 Å². The van der Waals surface area contributed by atoms with E-state index in [1.807, 2.05) is 28.8 Å². The molecule has 1 amide bonds. The zero-order chi connectivity index (χ0) is 14.0. The summed E-state index contributed by atoms with van der Waals surface area (Å²) in [5, 5.41) is 0. The molecule has 0 unspecified atom stereocenters. The fraction of sp³-hybridized carbons (Fsp3) is 0.308. The first-order valence-corrected chi connectivity index (χ1v) is 6.32. The van der Waals surface area contributed by atoms with Crippen LogP contribution in [0.4, 0.5) is 0 Å². The van der Waals surface area contributed by atoms with Crippen LogP contribution in [0.15, 0.2) is 24.3 Å². The number of fused-ring (bicyclic) bond motifs is 1. The lowest BCUT2D eigenvalue weighted by Gasteiger charge is -2.13. The minimum atomic E-state index is 0.00680. The van der Waals surface area contributed by atoms with Crippen molar-refractivity contribution in [2.45, 2.75) is 13.0 Å². The first kappa shape index (κ1) is 13.5. The highest BCUT2D eigenvalue weighted by atomic mass is 32.1. The van der Waals surface area contributed by atoms with Crippen LogP contribution in [-0.2, 0) is 17.8 Å². The van der Waals surface area contributed by atoms with Gasteiger partial charge in [0.1, 0.15) is 12.4 Å². The van der Waals surface area contributed by atoms with Crippen molar-refractivity contribution in [1.82, 2.24) is 14.5 Å². The normalized spacial score (nSPS) is 10.6. The van der Waals surface area contributed by atoms with E-state index in [1.54, 1.807) is 19.0 Å². The van der Waals surface area contributed by atoms with Crippen LogP contribution >= 0.6 is 12.2 Å². The molecule has 1 heterocycles. The molecule has 2 N–H and O–H groups in total. The van der Waals surface area contributed by atoms with Crippen molar-refractivity contribution < 1.29 is 4.79 Å². The fourth-order valence-corrected chi connectivity index (χ4v) is 2.00. The maximum atomic E-state index is 11.9. The number of carbonyl (C=O) groups excluding carboxylic acids is 1. The second kappa shape index (κ2) is 5.36. The average Bonchev–Trinajstić information content (AvgIpc) is 2.66. The van der Waals surface area contributed by atoms with Crippen LogP contribution in [0.3, 0.4) is 0 Å². The van der Waals surface area contributed by atoms with Crippen molar-refractivity contribution in [2.24, 2.45) is 5.73 Å². The van der Waals surface area contributed by atoms with Crippen LogP contribution in [0.25, 0.3) is 11.0 Å². The van der Waals surface area contributed by atoms with Gasteiger partial charge in [-0.05, 0) is 12.1 Å². The summed E-state index contributed by atoms with van der Waals surface area (Å²) in [5.74, 6) is 0.733. The highest BCUT2D eigenvalue weighted by molar-refractivity contribution is 7.80. The second-order valence-electron chi connectivity index (χ2n) is 4.53. The van der Waals surface area contributed by atoms with Crippen LogP contribution in [0.2, 0.25) is 0 Å². The first-order chi connectivity index (χ1) is 8.99. The number of imidazole rings is 1. The van der Waals surface area contributed by atoms with Gasteiger partial charge < -0.3 is 15.2 Å². The number of nitrogens with zero attached hydrogens (tertiary/aromatic N) is 3. The van der Waals surface area contributed by atoms with Gasteiger partial charge in [0.2, 0.25) is 5.91 Å². The minimum Gasteiger partial charge on any atom is -0.393 e. The summed E-state index contributed by atoms with van der Waals surface area (Å²) in [6.45, 7) is 0.242. The molecule has 0 radical (unpaired) electrons. The molecule has 100 valence electrons. The first-order valence-electron chi connectivity index (χ1n) is 5.91. The second-order valence-corrected chi connectivity index (χ2v) is 5.06. The standard InChI is InChI=1S/C13H16N4OS/c1-16(2)13(18)8-17-10-6-4-3-5-9(10)15-12(17)7-11(14)19/h3-6H,7-8H2,1-2H3,(H2,14,19). The average molecular weight is 276 g/mol. The molecule has 2 aromatic rings. The number of carbonyl (C=O) groups is 1. The number of nitrogens with two attached hydrogens (primary N) is 1. The van der Waals surface area contributed by atoms with Crippen molar-refractivity contribution in [3.8, 4) is 0 Å². The monoisotopic (exact) mass is 276 g/mol. The third kappa shape index (κ3) is 2.90. The Balaban J connectivity index is 2.48. The number of benzene rings is 1. The Morgan fingerprint density at radius 1 is 1.42 bits per heavy atom. The molecule has 0 fully saturated rings. The van der Waals surface area contributed by atoms with Crippen molar-refractivity contribution >= 4 is 34.1 Å². The predicted octanol–water partition coefficient (Wildman–Crippen LogP) is 0.953. The summed E-state index contributed by atoms with van der Waals surface area (Å²) in [4.78, 5) is 18.3. The molecule has 0 saturated heterocycles. The lowest BCUT2D eigenvalue weighted by Crippen LogP contribution is -2.27. The Hall–Kier alpha value is -1.95. The van der Waals surface area contributed by atoms with E-state index in [-0.39, 0.29) is 12.5 Å². The number of likely N-dealkylation sites (N-methyl/N-ethyl adjacent to an activating group) is 1. The molecule has 0 atom stereocenters. The Morgan fingerprint density at radius 3 is 2.74 bits per heavy atom. The lowest BCUT2D eigenvalue weighted by atomic mass is 10.3. The van der Waals surface area contributed by atoms with Crippen LogP contribution in [0.5, 0.6) is 0 Å². The van der Waals surface area contributed by atoms with Gasteiger partial charge >= 0.3 is 0 Å². The molecule has 0 spiro atoms. The summed E-state index contributed by atoms with van der Waals surface area (Å²) in [6, 6.07) is 7.69. The maximum absolute atomic E-state index is 11.9. The van der Waals surface area contributed by atoms with Crippen LogP contribution < -0.4 is 5.73 Å². The summed E-state index contributed by atoms with van der Waals surface area (Å²) >= 11 is 4.94. The molecule has 0 aliphatic heterocycles. The smallest absolute Gasteiger partial charge is 0.242 e. The van der Waals surface area contributed by atoms with Gasteiger partial charge in [0.15, 0.2) is 0 Å². The molecule has 0 aliphatic carbocycles. The number of para-hydroxylation sites is 2. The molecule has 1 aromatic carbocycles. The predicted molar refractivity (Wildman–Crippen MR) is 78.9 cm³/mol. The van der Waals surface area contributed by atoms with Crippen molar-refractivity contribution in [1.29, 1.82) is 0 Å². The Bertz CT molecular complexity index is 633. The maximum Gasteiger partial charge on any atom is 0.242 e. The quantitative estimate of drug-likeness (QED) is 0.845. The highest BCUT2D eigenvalue weighted by Crippen LogP contribution is 2.16. The Kier molecular flexibility index (Phi) is 3.80. The summed E-state index contributed by atoms with van der Waals surface area (Å²) < 4.78 is 1.87. The van der Waals surface area contributed by atoms with Gasteiger partial charge in [-0.2, -0.15) is 0 Å². The molecular weight excluding hydrogens is 260 g/mol. The van der Waals surface area contributed by atoms with Gasteiger partial charge in [0.25, 0.3) is 0 Å². The molecule has 5 nitrogen and oxygen atoms in total. The van der Waals surface area contributed by atoms with E-state index in [2.05, 4.69) is 4.98 Å². The molecule has 6 heteroatoms. The van der Waals surface area contributed by atoms with Crippen LogP contribution in [0, 0.1) is 0 Å². The molecule has 19 heavy (non-hydrogen) atoms. The van der Waals surface area contributed by atoms with E-state index in [9.17, 15) is 4.79 Å². The van der Waals surface area contributed by atoms with Crippen LogP contribution in [0.1, 0.15) is 5.82 Å². The van der Waals surface area contributed by atoms with Crippen molar-refractivity contribution in [3.63, 3.8) is 0 Å². The number of amides is 1. The van der Waals surface area contributed by atoms with Gasteiger partial charge in [0, 0.05) is 14.1 Å². The van der Waals surface area contributed by atoms with E-state index in [4.69, 9.17) is 18.0 Å². The van der Waals surface area contributed by atoms with Crippen molar-refractivity contribution in [3.05, 3.63) is 30.1 Å². The largest absolute Gasteiger partial charge is 0.393 e. The van der Waals surface area contributed by atoms with E-state index in [0.717, 1.165) is 16.9 Å². The van der Waals surface area contributed by atoms with Gasteiger partial charge in [-0.1, -0.05) is 24.4 Å². The molecule has 0 aliphatic rings. The Morgan fingerprint density at radius 2 is 2.11 bits per heavy atom. The van der Waals surface area contributed by atoms with Gasteiger partial charge in [-0.3, -0.25) is 4.79 Å². The number of thiocarbonyl (C=S) groups is 1. The highest BCUT2D eigenvalue weighted by Gasteiger charge is 2.14. The molecule has 1 aromatic heterocycles. The van der Waals surface area contributed by atoms with Crippen LogP contribution in [-0.4, -0.2) is 39.4 Å². The molecule has 0 saturated carbocycles. The zero-order valence-corrected chi connectivity index (χ0v) is 11.8. The van der Waals surface area contributed by atoms with Crippen molar-refractivity contribution in [2.75, 3.05) is 14.1 Å². The third-order valence-corrected chi connectivity index (χ3v) is 3.00. The summed E-state index contributed by atoms with van der Waals surface area (Å²) in [6.07, 6.45) is 0.394. The summed E-state index contributed by atoms with van der Waals surface area (Å²) in [7, 11) is 3.46. The number of hydrogen-bond donors (Lipinski definition) is 1. The summed E-state index contributed by atoms with van der Waals surface area (Å²) in [5.41, 5.74) is 7.36.